The number of hydrogen-bond acceptors (Lipinski definition) is 4. The fourth-order valence-electron chi connectivity index (χ4n) is 2.68. The second-order valence-corrected chi connectivity index (χ2v) is 5.64. The zero-order valence-corrected chi connectivity index (χ0v) is 14.2. The molecule has 1 atom stereocenters. The molecule has 1 N–H and O–H groups in total. The zero-order chi connectivity index (χ0) is 18.4. The molecule has 0 fully saturated rings. The summed E-state index contributed by atoms with van der Waals surface area (Å²) < 4.78 is 5.19. The lowest BCUT2D eigenvalue weighted by molar-refractivity contribution is -0.116. The van der Waals surface area contributed by atoms with E-state index in [0.717, 1.165) is 11.3 Å². The summed E-state index contributed by atoms with van der Waals surface area (Å²) in [5.41, 5.74) is 2.51. The predicted molar refractivity (Wildman–Crippen MR) is 98.9 cm³/mol. The van der Waals surface area contributed by atoms with Crippen molar-refractivity contribution in [2.75, 3.05) is 12.4 Å². The van der Waals surface area contributed by atoms with Gasteiger partial charge in [-0.1, -0.05) is 24.3 Å². The topological polar surface area (TPSA) is 75.0 Å². The van der Waals surface area contributed by atoms with Crippen molar-refractivity contribution < 1.29 is 9.53 Å². The first-order chi connectivity index (χ1) is 12.7. The van der Waals surface area contributed by atoms with Crippen molar-refractivity contribution in [2.45, 2.75) is 5.92 Å². The first-order valence-electron chi connectivity index (χ1n) is 8.07. The number of nitrogens with one attached hydrogen (secondary N) is 1. The van der Waals surface area contributed by atoms with Crippen LogP contribution in [0.4, 0.5) is 5.69 Å². The number of carbonyl (C=O) groups is 1. The second-order valence-electron chi connectivity index (χ2n) is 5.64. The minimum atomic E-state index is -0.576. The highest BCUT2D eigenvalue weighted by Crippen LogP contribution is 2.27. The fourth-order valence-corrected chi connectivity index (χ4v) is 2.68. The molecule has 1 amide bonds. The number of ether oxygens (including phenoxy) is 1. The number of hydrogen-bond donors (Lipinski definition) is 1. The summed E-state index contributed by atoms with van der Waals surface area (Å²) in [6, 6.07) is 21.7. The van der Waals surface area contributed by atoms with Crippen molar-refractivity contribution in [1.29, 1.82) is 5.26 Å². The molecule has 0 radical (unpaired) electrons. The third-order valence-corrected chi connectivity index (χ3v) is 3.95. The molecule has 0 bridgehead atoms. The van der Waals surface area contributed by atoms with Crippen molar-refractivity contribution in [1.82, 2.24) is 4.98 Å². The third-order valence-electron chi connectivity index (χ3n) is 3.95. The van der Waals surface area contributed by atoms with Gasteiger partial charge in [0.1, 0.15) is 11.7 Å². The molecule has 0 aliphatic rings. The van der Waals surface area contributed by atoms with Gasteiger partial charge in [0.2, 0.25) is 5.91 Å². The average molecular weight is 343 g/mol. The monoisotopic (exact) mass is 343 g/mol. The van der Waals surface area contributed by atoms with E-state index in [1.807, 2.05) is 42.5 Å². The summed E-state index contributed by atoms with van der Waals surface area (Å²) in [6.45, 7) is 0. The van der Waals surface area contributed by atoms with Crippen molar-refractivity contribution >= 4 is 11.6 Å². The van der Waals surface area contributed by atoms with Gasteiger partial charge in [-0.2, -0.15) is 5.26 Å². The van der Waals surface area contributed by atoms with Crippen LogP contribution in [0.2, 0.25) is 0 Å². The molecule has 0 aliphatic carbocycles. The van der Waals surface area contributed by atoms with E-state index in [2.05, 4.69) is 16.4 Å². The van der Waals surface area contributed by atoms with Gasteiger partial charge in [0.25, 0.3) is 0 Å². The van der Waals surface area contributed by atoms with E-state index in [1.165, 1.54) is 0 Å². The Balaban J connectivity index is 1.94. The van der Waals surface area contributed by atoms with E-state index < -0.39 is 5.92 Å². The molecule has 3 aromatic rings. The van der Waals surface area contributed by atoms with Gasteiger partial charge in [0.15, 0.2) is 0 Å². The fraction of sp³-hybridized carbons (Fsp3) is 0.0952. The normalized spacial score (nSPS) is 11.2. The average Bonchev–Trinajstić information content (AvgIpc) is 2.69. The Hall–Kier alpha value is -3.65. The minimum absolute atomic E-state index is 0.219. The number of amides is 1. The van der Waals surface area contributed by atoms with Crippen LogP contribution in [-0.2, 0) is 4.79 Å². The molecule has 0 saturated carbocycles. The number of nitriles is 1. The number of nitrogens with zero attached hydrogens (tertiary/aromatic N) is 2. The van der Waals surface area contributed by atoms with Crippen LogP contribution in [0.15, 0.2) is 72.9 Å². The molecule has 26 heavy (non-hydrogen) atoms. The molecule has 0 aliphatic heterocycles. The van der Waals surface area contributed by atoms with E-state index in [4.69, 9.17) is 10.00 Å². The van der Waals surface area contributed by atoms with Crippen LogP contribution in [-0.4, -0.2) is 18.0 Å². The van der Waals surface area contributed by atoms with E-state index in [9.17, 15) is 4.79 Å². The molecule has 1 aromatic heterocycles. The molecule has 5 nitrogen and oxygen atoms in total. The lowest BCUT2D eigenvalue weighted by atomic mass is 9.94. The van der Waals surface area contributed by atoms with Gasteiger partial charge in [0.05, 0.1) is 24.4 Å². The lowest BCUT2D eigenvalue weighted by Gasteiger charge is -2.17. The summed E-state index contributed by atoms with van der Waals surface area (Å²) in [7, 11) is 1.60. The van der Waals surface area contributed by atoms with E-state index in [-0.39, 0.29) is 5.91 Å². The summed E-state index contributed by atoms with van der Waals surface area (Å²) in [5.74, 6) is -0.0764. The second kappa shape index (κ2) is 7.95. The van der Waals surface area contributed by atoms with Crippen LogP contribution in [0, 0.1) is 11.3 Å². The number of benzene rings is 2. The molecule has 0 saturated heterocycles. The van der Waals surface area contributed by atoms with Crippen molar-refractivity contribution in [3.05, 3.63) is 89.7 Å². The van der Waals surface area contributed by atoms with Crippen LogP contribution >= 0.6 is 0 Å². The largest absolute Gasteiger partial charge is 0.497 e. The van der Waals surface area contributed by atoms with Crippen molar-refractivity contribution in [3.8, 4) is 11.8 Å². The molecule has 2 aromatic carbocycles. The summed E-state index contributed by atoms with van der Waals surface area (Å²) >= 11 is 0. The third kappa shape index (κ3) is 3.87. The van der Waals surface area contributed by atoms with E-state index in [1.54, 1.807) is 37.6 Å². The Morgan fingerprint density at radius 2 is 1.92 bits per heavy atom. The highest BCUT2D eigenvalue weighted by atomic mass is 16.5. The molecule has 5 heteroatoms. The van der Waals surface area contributed by atoms with E-state index in [0.29, 0.717) is 16.9 Å². The molecule has 1 heterocycles. The van der Waals surface area contributed by atoms with Crippen LogP contribution in [0.5, 0.6) is 5.75 Å². The van der Waals surface area contributed by atoms with Crippen molar-refractivity contribution in [3.63, 3.8) is 0 Å². The van der Waals surface area contributed by atoms with Gasteiger partial charge in [-0.15, -0.1) is 0 Å². The standard InChI is InChI=1S/C21H17N3O2/c1-26-18-10-8-16(9-11-18)20(19-7-2-3-12-23-19)21(25)24-17-6-4-5-15(13-17)14-22/h2-13,20H,1H3,(H,24,25). The lowest BCUT2D eigenvalue weighted by Crippen LogP contribution is -2.23. The smallest absolute Gasteiger partial charge is 0.237 e. The minimum Gasteiger partial charge on any atom is -0.497 e. The van der Waals surface area contributed by atoms with Gasteiger partial charge < -0.3 is 10.1 Å². The number of rotatable bonds is 5. The Kier molecular flexibility index (Phi) is 5.25. The van der Waals surface area contributed by atoms with Gasteiger partial charge in [0, 0.05) is 11.9 Å². The van der Waals surface area contributed by atoms with Crippen LogP contribution in [0.25, 0.3) is 0 Å². The number of pyridine rings is 1. The van der Waals surface area contributed by atoms with Gasteiger partial charge in [-0.3, -0.25) is 9.78 Å². The quantitative estimate of drug-likeness (QED) is 0.766. The van der Waals surface area contributed by atoms with E-state index >= 15 is 0 Å². The number of aromatic nitrogens is 1. The highest BCUT2D eigenvalue weighted by Gasteiger charge is 2.24. The Morgan fingerprint density at radius 3 is 2.58 bits per heavy atom. The molecule has 1 unspecified atom stereocenters. The maximum Gasteiger partial charge on any atom is 0.237 e. The number of anilines is 1. The zero-order valence-electron chi connectivity index (χ0n) is 14.2. The summed E-state index contributed by atoms with van der Waals surface area (Å²) in [4.78, 5) is 17.4. The maximum atomic E-state index is 13.0. The molecule has 0 spiro atoms. The van der Waals surface area contributed by atoms with Crippen LogP contribution in [0.1, 0.15) is 22.7 Å². The Bertz CT molecular complexity index is 931. The first kappa shape index (κ1) is 17.2. The first-order valence-corrected chi connectivity index (χ1v) is 8.07. The van der Waals surface area contributed by atoms with Crippen molar-refractivity contribution in [2.24, 2.45) is 0 Å². The molecule has 128 valence electrons. The maximum absolute atomic E-state index is 13.0. The molecular weight excluding hydrogens is 326 g/mol. The highest BCUT2D eigenvalue weighted by molar-refractivity contribution is 5.98. The van der Waals surface area contributed by atoms with Crippen LogP contribution in [0.3, 0.4) is 0 Å². The molecule has 3 rings (SSSR count). The predicted octanol–water partition coefficient (Wildman–Crippen LogP) is 3.73. The number of carbonyl (C=O) groups excluding carboxylic acids is 1. The number of methoxy groups -OCH3 is 1. The Labute approximate surface area is 151 Å². The van der Waals surface area contributed by atoms with Gasteiger partial charge in [-0.25, -0.2) is 0 Å². The SMILES string of the molecule is COc1ccc(C(C(=O)Nc2cccc(C#N)c2)c2ccccn2)cc1. The molecular formula is C21H17N3O2. The van der Waals surface area contributed by atoms with Gasteiger partial charge in [-0.05, 0) is 48.0 Å². The van der Waals surface area contributed by atoms with Crippen LogP contribution < -0.4 is 10.1 Å². The Morgan fingerprint density at radius 1 is 1.12 bits per heavy atom. The summed E-state index contributed by atoms with van der Waals surface area (Å²) in [6.07, 6.45) is 1.66. The van der Waals surface area contributed by atoms with Gasteiger partial charge >= 0.3 is 0 Å². The summed E-state index contributed by atoms with van der Waals surface area (Å²) in [5, 5.41) is 11.9.